The molecule has 2 aliphatic heterocycles. The van der Waals surface area contributed by atoms with E-state index < -0.39 is 5.91 Å². The molecule has 0 aromatic heterocycles. The van der Waals surface area contributed by atoms with Gasteiger partial charge in [-0.2, -0.15) is 0 Å². The molecule has 0 unspecified atom stereocenters. The summed E-state index contributed by atoms with van der Waals surface area (Å²) in [5, 5.41) is 9.64. The fourth-order valence-corrected chi connectivity index (χ4v) is 4.57. The van der Waals surface area contributed by atoms with Gasteiger partial charge in [0.25, 0.3) is 5.91 Å². The van der Waals surface area contributed by atoms with E-state index in [0.29, 0.717) is 11.1 Å². The fraction of sp³-hybridized carbons (Fsp3) is 0.364. The van der Waals surface area contributed by atoms with E-state index >= 15 is 0 Å². The maximum atomic E-state index is 13.1. The molecule has 6 nitrogen and oxygen atoms in total. The maximum Gasteiger partial charge on any atom is 0.255 e. The van der Waals surface area contributed by atoms with Crippen LogP contribution in [0.2, 0.25) is 0 Å². The molecule has 6 heteroatoms. The van der Waals surface area contributed by atoms with Gasteiger partial charge < -0.3 is 15.7 Å². The van der Waals surface area contributed by atoms with E-state index in [1.807, 2.05) is 30.0 Å². The van der Waals surface area contributed by atoms with Crippen molar-refractivity contribution in [2.45, 2.75) is 38.4 Å². The second-order valence-electron chi connectivity index (χ2n) is 7.70. The lowest BCUT2D eigenvalue weighted by molar-refractivity contribution is 0.0510. The largest absolute Gasteiger partial charge is 0.508 e. The molecule has 1 saturated heterocycles. The van der Waals surface area contributed by atoms with Gasteiger partial charge in [-0.15, -0.1) is 0 Å². The second kappa shape index (κ2) is 7.28. The number of likely N-dealkylation sites (tertiary alicyclic amines) is 1. The number of rotatable bonds is 4. The highest BCUT2D eigenvalue weighted by Crippen LogP contribution is 2.38. The first-order valence-corrected chi connectivity index (χ1v) is 9.71. The lowest BCUT2D eigenvalue weighted by Gasteiger charge is -2.38. The number of hydrogen-bond donors (Lipinski definition) is 2. The number of hydrogen-bond acceptors (Lipinski definition) is 4. The van der Waals surface area contributed by atoms with Gasteiger partial charge in [-0.1, -0.05) is 24.3 Å². The van der Waals surface area contributed by atoms with Gasteiger partial charge in [0.1, 0.15) is 5.75 Å². The number of nitrogens with two attached hydrogens (primary N) is 1. The van der Waals surface area contributed by atoms with E-state index in [-0.39, 0.29) is 23.7 Å². The van der Waals surface area contributed by atoms with Crippen LogP contribution < -0.4 is 5.73 Å². The number of nitrogens with zero attached hydrogens (tertiary/aromatic N) is 2. The van der Waals surface area contributed by atoms with Crippen LogP contribution in [-0.2, 0) is 6.54 Å². The number of fused-ring (bicyclic) bond motifs is 1. The number of carbonyl (C=O) groups excluding carboxylic acids is 2. The molecule has 2 aromatic rings. The average Bonchev–Trinajstić information content (AvgIpc) is 2.93. The van der Waals surface area contributed by atoms with Crippen LogP contribution in [0.25, 0.3) is 0 Å². The standard InChI is InChI=1S/C22H25N3O3/c1-14-18-6-3-7-19(21(23)27)20(18)22(28)25(14)16-8-10-24(11-9-16)13-15-4-2-5-17(26)12-15/h2-7,12,14,16,26H,8-11,13H2,1H3,(H2,23,27)/t14-/m0/s1. The highest BCUT2D eigenvalue weighted by atomic mass is 16.3. The normalized spacial score (nSPS) is 20.4. The van der Waals surface area contributed by atoms with Crippen LogP contribution in [0.1, 0.15) is 57.7 Å². The van der Waals surface area contributed by atoms with Crippen molar-refractivity contribution in [3.8, 4) is 5.75 Å². The summed E-state index contributed by atoms with van der Waals surface area (Å²) >= 11 is 0. The number of benzene rings is 2. The lowest BCUT2D eigenvalue weighted by atomic mass is 9.99. The third kappa shape index (κ3) is 3.24. The summed E-state index contributed by atoms with van der Waals surface area (Å²) in [6, 6.07) is 12.8. The van der Waals surface area contributed by atoms with Gasteiger partial charge in [0, 0.05) is 25.7 Å². The van der Waals surface area contributed by atoms with Crippen LogP contribution in [0.15, 0.2) is 42.5 Å². The molecule has 0 spiro atoms. The second-order valence-corrected chi connectivity index (χ2v) is 7.70. The molecular weight excluding hydrogens is 354 g/mol. The molecule has 2 amide bonds. The van der Waals surface area contributed by atoms with Crippen molar-refractivity contribution in [2.24, 2.45) is 5.73 Å². The van der Waals surface area contributed by atoms with Gasteiger partial charge in [0.15, 0.2) is 0 Å². The minimum Gasteiger partial charge on any atom is -0.508 e. The van der Waals surface area contributed by atoms with Crippen molar-refractivity contribution in [3.63, 3.8) is 0 Å². The number of phenols is 1. The summed E-state index contributed by atoms with van der Waals surface area (Å²) in [6.45, 7) is 4.58. The zero-order valence-corrected chi connectivity index (χ0v) is 16.0. The maximum absolute atomic E-state index is 13.1. The predicted molar refractivity (Wildman–Crippen MR) is 106 cm³/mol. The number of amides is 2. The Morgan fingerprint density at radius 1 is 1.18 bits per heavy atom. The number of aromatic hydroxyl groups is 1. The van der Waals surface area contributed by atoms with Gasteiger partial charge in [-0.25, -0.2) is 0 Å². The Bertz CT molecular complexity index is 919. The van der Waals surface area contributed by atoms with Crippen molar-refractivity contribution in [1.29, 1.82) is 0 Å². The summed E-state index contributed by atoms with van der Waals surface area (Å²) in [7, 11) is 0. The van der Waals surface area contributed by atoms with Crippen LogP contribution in [0.3, 0.4) is 0 Å². The van der Waals surface area contributed by atoms with Crippen LogP contribution in [0, 0.1) is 0 Å². The Morgan fingerprint density at radius 2 is 1.89 bits per heavy atom. The van der Waals surface area contributed by atoms with Crippen LogP contribution in [-0.4, -0.2) is 45.9 Å². The SMILES string of the molecule is C[C@H]1c2cccc(C(N)=O)c2C(=O)N1C1CCN(Cc2cccc(O)c2)CC1. The smallest absolute Gasteiger partial charge is 0.255 e. The Hall–Kier alpha value is -2.86. The number of piperidine rings is 1. The lowest BCUT2D eigenvalue weighted by Crippen LogP contribution is -2.45. The van der Waals surface area contributed by atoms with Crippen molar-refractivity contribution >= 4 is 11.8 Å². The van der Waals surface area contributed by atoms with Crippen LogP contribution in [0.4, 0.5) is 0 Å². The average molecular weight is 379 g/mol. The number of carbonyl (C=O) groups is 2. The molecule has 4 rings (SSSR count). The molecule has 1 atom stereocenters. The molecule has 3 N–H and O–H groups in total. The summed E-state index contributed by atoms with van der Waals surface area (Å²) < 4.78 is 0. The third-order valence-electron chi connectivity index (χ3n) is 5.95. The molecule has 1 fully saturated rings. The first-order chi connectivity index (χ1) is 13.5. The molecule has 2 heterocycles. The molecule has 2 aliphatic rings. The monoisotopic (exact) mass is 379 g/mol. The molecular formula is C22H25N3O3. The van der Waals surface area contributed by atoms with E-state index in [4.69, 9.17) is 5.73 Å². The molecule has 2 aromatic carbocycles. The van der Waals surface area contributed by atoms with Crippen molar-refractivity contribution in [3.05, 3.63) is 64.7 Å². The van der Waals surface area contributed by atoms with E-state index in [9.17, 15) is 14.7 Å². The van der Waals surface area contributed by atoms with Crippen molar-refractivity contribution in [1.82, 2.24) is 9.80 Å². The first-order valence-electron chi connectivity index (χ1n) is 9.71. The van der Waals surface area contributed by atoms with E-state index in [1.165, 1.54) is 0 Å². The Labute approximate surface area is 164 Å². The van der Waals surface area contributed by atoms with E-state index in [0.717, 1.165) is 43.6 Å². The van der Waals surface area contributed by atoms with Gasteiger partial charge in [-0.05, 0) is 49.1 Å². The summed E-state index contributed by atoms with van der Waals surface area (Å²) in [4.78, 5) is 29.2. The van der Waals surface area contributed by atoms with Gasteiger partial charge >= 0.3 is 0 Å². The molecule has 28 heavy (non-hydrogen) atoms. The Balaban J connectivity index is 1.46. The van der Waals surface area contributed by atoms with Gasteiger partial charge in [0.2, 0.25) is 5.91 Å². The molecule has 146 valence electrons. The zero-order chi connectivity index (χ0) is 19.8. The molecule has 0 aliphatic carbocycles. The molecule has 0 saturated carbocycles. The third-order valence-corrected chi connectivity index (χ3v) is 5.95. The van der Waals surface area contributed by atoms with E-state index in [1.54, 1.807) is 24.3 Å². The highest BCUT2D eigenvalue weighted by molar-refractivity contribution is 6.09. The summed E-state index contributed by atoms with van der Waals surface area (Å²) in [5.41, 5.74) is 8.26. The highest BCUT2D eigenvalue weighted by Gasteiger charge is 2.41. The van der Waals surface area contributed by atoms with E-state index in [2.05, 4.69) is 4.90 Å². The first kappa shape index (κ1) is 18.5. The Morgan fingerprint density at radius 3 is 2.57 bits per heavy atom. The zero-order valence-electron chi connectivity index (χ0n) is 16.0. The van der Waals surface area contributed by atoms with Gasteiger partial charge in [-0.3, -0.25) is 14.5 Å². The van der Waals surface area contributed by atoms with Crippen molar-refractivity contribution < 1.29 is 14.7 Å². The van der Waals surface area contributed by atoms with Crippen LogP contribution in [0.5, 0.6) is 5.75 Å². The minimum absolute atomic E-state index is 0.0515. The fourth-order valence-electron chi connectivity index (χ4n) is 4.57. The van der Waals surface area contributed by atoms with Crippen LogP contribution >= 0.6 is 0 Å². The summed E-state index contributed by atoms with van der Waals surface area (Å²) in [5.74, 6) is -0.351. The predicted octanol–water partition coefficient (Wildman–Crippen LogP) is 2.67. The number of primary amides is 1. The topological polar surface area (TPSA) is 86.9 Å². The molecule has 0 bridgehead atoms. The molecule has 0 radical (unpaired) electrons. The Kier molecular flexibility index (Phi) is 4.81. The van der Waals surface area contributed by atoms with Crippen molar-refractivity contribution in [2.75, 3.05) is 13.1 Å². The summed E-state index contributed by atoms with van der Waals surface area (Å²) in [6.07, 6.45) is 1.77. The number of phenolic OH excluding ortho intramolecular Hbond substituents is 1. The minimum atomic E-state index is -0.555. The quantitative estimate of drug-likeness (QED) is 0.855. The van der Waals surface area contributed by atoms with Gasteiger partial charge in [0.05, 0.1) is 17.2 Å².